The predicted octanol–water partition coefficient (Wildman–Crippen LogP) is 2.55. The Balaban J connectivity index is 1.65. The Kier molecular flexibility index (Phi) is 6.39. The number of thiophene rings is 1. The number of fused-ring (bicyclic) bond motifs is 1. The van der Waals surface area contributed by atoms with Crippen LogP contribution in [-0.2, 0) is 27.6 Å². The number of morpholine rings is 1. The van der Waals surface area contributed by atoms with Crippen LogP contribution in [0, 0.1) is 12.8 Å². The second-order valence-electron chi connectivity index (χ2n) is 8.37. The third-order valence-electron chi connectivity index (χ3n) is 6.05. The topological polar surface area (TPSA) is 119 Å². The fourth-order valence-electron chi connectivity index (χ4n) is 4.21. The van der Waals surface area contributed by atoms with Gasteiger partial charge in [0.1, 0.15) is 5.00 Å². The van der Waals surface area contributed by atoms with Gasteiger partial charge in [-0.15, -0.1) is 11.3 Å². The number of hydrogen-bond acceptors (Lipinski definition) is 6. The van der Waals surface area contributed by atoms with E-state index in [1.165, 1.54) is 27.8 Å². The van der Waals surface area contributed by atoms with E-state index in [4.69, 9.17) is 10.5 Å². The van der Waals surface area contributed by atoms with Gasteiger partial charge in [0.2, 0.25) is 10.0 Å². The number of anilines is 1. The number of amides is 2. The summed E-state index contributed by atoms with van der Waals surface area (Å²) in [5.41, 5.74) is 7.83. The van der Waals surface area contributed by atoms with E-state index in [0.29, 0.717) is 35.3 Å². The molecule has 1 atom stereocenters. The summed E-state index contributed by atoms with van der Waals surface area (Å²) in [6.45, 7) is 5.15. The highest BCUT2D eigenvalue weighted by Gasteiger charge is 2.29. The van der Waals surface area contributed by atoms with Crippen LogP contribution < -0.4 is 11.1 Å². The molecule has 0 unspecified atom stereocenters. The first-order valence-electron chi connectivity index (χ1n) is 10.6. The Morgan fingerprint density at radius 3 is 2.66 bits per heavy atom. The number of carbonyl (C=O) groups excluding carboxylic acids is 2. The quantitative estimate of drug-likeness (QED) is 0.686. The molecule has 0 saturated carbocycles. The first-order chi connectivity index (χ1) is 15.2. The van der Waals surface area contributed by atoms with Crippen molar-refractivity contribution < 1.29 is 22.7 Å². The number of sulfonamides is 1. The zero-order valence-corrected chi connectivity index (χ0v) is 19.8. The summed E-state index contributed by atoms with van der Waals surface area (Å²) in [5, 5.41) is 3.26. The van der Waals surface area contributed by atoms with Crippen molar-refractivity contribution in [1.29, 1.82) is 0 Å². The molecule has 32 heavy (non-hydrogen) atoms. The first-order valence-corrected chi connectivity index (χ1v) is 12.9. The van der Waals surface area contributed by atoms with E-state index in [-0.39, 0.29) is 23.5 Å². The van der Waals surface area contributed by atoms with Crippen LogP contribution in [0.4, 0.5) is 5.00 Å². The van der Waals surface area contributed by atoms with Gasteiger partial charge < -0.3 is 15.8 Å². The molecule has 1 aromatic carbocycles. The molecule has 2 aromatic rings. The van der Waals surface area contributed by atoms with Gasteiger partial charge >= 0.3 is 0 Å². The Morgan fingerprint density at radius 1 is 1.25 bits per heavy atom. The molecule has 172 valence electrons. The molecule has 1 saturated heterocycles. The number of nitrogens with two attached hydrogens (primary N) is 1. The average molecular weight is 478 g/mol. The van der Waals surface area contributed by atoms with Gasteiger partial charge in [0, 0.05) is 23.5 Å². The van der Waals surface area contributed by atoms with Gasteiger partial charge in [0.15, 0.2) is 0 Å². The third-order valence-corrected chi connectivity index (χ3v) is 9.11. The van der Waals surface area contributed by atoms with Gasteiger partial charge in [-0.25, -0.2) is 8.42 Å². The van der Waals surface area contributed by atoms with Gasteiger partial charge in [-0.05, 0) is 55.4 Å². The van der Waals surface area contributed by atoms with E-state index >= 15 is 0 Å². The molecular weight excluding hydrogens is 450 g/mol. The lowest BCUT2D eigenvalue weighted by atomic mass is 9.88. The maximum Gasteiger partial charge on any atom is 0.256 e. The second kappa shape index (κ2) is 8.93. The number of hydrogen-bond donors (Lipinski definition) is 2. The highest BCUT2D eigenvalue weighted by Crippen LogP contribution is 2.39. The van der Waals surface area contributed by atoms with Crippen molar-refractivity contribution in [2.45, 2.75) is 38.0 Å². The monoisotopic (exact) mass is 477 g/mol. The molecule has 1 aliphatic heterocycles. The van der Waals surface area contributed by atoms with Gasteiger partial charge in [0.25, 0.3) is 11.8 Å². The summed E-state index contributed by atoms with van der Waals surface area (Å²) in [6.07, 6.45) is 2.58. The number of ether oxygens (including phenoxy) is 1. The lowest BCUT2D eigenvalue weighted by molar-refractivity contribution is 0.0730. The molecule has 0 spiro atoms. The molecule has 2 heterocycles. The number of nitrogens with zero attached hydrogens (tertiary/aromatic N) is 1. The zero-order valence-electron chi connectivity index (χ0n) is 18.1. The van der Waals surface area contributed by atoms with E-state index in [9.17, 15) is 18.0 Å². The van der Waals surface area contributed by atoms with Gasteiger partial charge in [-0.2, -0.15) is 4.31 Å². The lowest BCUT2D eigenvalue weighted by Crippen LogP contribution is -2.40. The van der Waals surface area contributed by atoms with Crippen LogP contribution in [0.15, 0.2) is 23.1 Å². The fraction of sp³-hybridized carbons (Fsp3) is 0.455. The third kappa shape index (κ3) is 4.32. The highest BCUT2D eigenvalue weighted by atomic mass is 32.2. The number of nitrogens with one attached hydrogen (secondary N) is 1. The summed E-state index contributed by atoms with van der Waals surface area (Å²) in [7, 11) is -3.74. The molecule has 1 fully saturated rings. The van der Waals surface area contributed by atoms with E-state index in [2.05, 4.69) is 12.2 Å². The summed E-state index contributed by atoms with van der Waals surface area (Å²) in [4.78, 5) is 26.5. The Hall–Kier alpha value is -2.27. The largest absolute Gasteiger partial charge is 0.379 e. The van der Waals surface area contributed by atoms with Crippen LogP contribution in [-0.4, -0.2) is 50.8 Å². The standard InChI is InChI=1S/C22H27N3O5S2/c1-13-3-6-16-18(11-13)31-22(19(16)20(23)26)24-21(27)17-12-15(5-4-14(17)2)32(28,29)25-7-9-30-10-8-25/h4-5,12-13H,3,6-11H2,1-2H3,(H2,23,26)(H,24,27)/t13-/m1/s1. The molecule has 4 rings (SSSR count). The van der Waals surface area contributed by atoms with Crippen molar-refractivity contribution in [1.82, 2.24) is 4.31 Å². The number of carbonyl (C=O) groups is 2. The minimum Gasteiger partial charge on any atom is -0.379 e. The minimum atomic E-state index is -3.74. The van der Waals surface area contributed by atoms with E-state index in [0.717, 1.165) is 29.7 Å². The van der Waals surface area contributed by atoms with E-state index in [1.807, 2.05) is 0 Å². The number of aryl methyl sites for hydroxylation is 1. The van der Waals surface area contributed by atoms with Crippen LogP contribution in [0.1, 0.15) is 50.1 Å². The SMILES string of the molecule is Cc1ccc(S(=O)(=O)N2CCOCC2)cc1C(=O)Nc1sc2c(c1C(N)=O)CC[C@@H](C)C2. The molecule has 1 aliphatic carbocycles. The number of rotatable bonds is 5. The van der Waals surface area contributed by atoms with Crippen molar-refractivity contribution in [2.24, 2.45) is 11.7 Å². The van der Waals surface area contributed by atoms with Gasteiger partial charge in [-0.3, -0.25) is 9.59 Å². The van der Waals surface area contributed by atoms with Gasteiger partial charge in [-0.1, -0.05) is 13.0 Å². The minimum absolute atomic E-state index is 0.0598. The molecule has 0 bridgehead atoms. The van der Waals surface area contributed by atoms with Gasteiger partial charge in [0.05, 0.1) is 23.7 Å². The summed E-state index contributed by atoms with van der Waals surface area (Å²) < 4.78 is 32.6. The number of primary amides is 1. The number of benzene rings is 1. The van der Waals surface area contributed by atoms with Crippen molar-refractivity contribution in [3.63, 3.8) is 0 Å². The van der Waals surface area contributed by atoms with Crippen LogP contribution in [0.3, 0.4) is 0 Å². The molecular formula is C22H27N3O5S2. The average Bonchev–Trinajstić information content (AvgIpc) is 3.11. The van der Waals surface area contributed by atoms with E-state index in [1.54, 1.807) is 13.0 Å². The van der Waals surface area contributed by atoms with E-state index < -0.39 is 21.8 Å². The molecule has 0 radical (unpaired) electrons. The van der Waals surface area contributed by atoms with Crippen LogP contribution in [0.25, 0.3) is 0 Å². The molecule has 8 nitrogen and oxygen atoms in total. The molecule has 1 aromatic heterocycles. The molecule has 2 aliphatic rings. The second-order valence-corrected chi connectivity index (χ2v) is 11.4. The predicted molar refractivity (Wildman–Crippen MR) is 123 cm³/mol. The first kappa shape index (κ1) is 22.9. The fourth-order valence-corrected chi connectivity index (χ4v) is 7.06. The van der Waals surface area contributed by atoms with Crippen molar-refractivity contribution in [3.05, 3.63) is 45.3 Å². The maximum absolute atomic E-state index is 13.2. The zero-order chi connectivity index (χ0) is 23.0. The summed E-state index contributed by atoms with van der Waals surface area (Å²) >= 11 is 1.38. The van der Waals surface area contributed by atoms with Crippen molar-refractivity contribution >= 4 is 38.2 Å². The molecule has 3 N–H and O–H groups in total. The van der Waals surface area contributed by atoms with Crippen molar-refractivity contribution in [2.75, 3.05) is 31.6 Å². The molecule has 2 amide bonds. The Labute approximate surface area is 191 Å². The summed E-state index contributed by atoms with van der Waals surface area (Å²) in [6, 6.07) is 4.53. The van der Waals surface area contributed by atoms with Crippen LogP contribution >= 0.6 is 11.3 Å². The van der Waals surface area contributed by atoms with Crippen molar-refractivity contribution in [3.8, 4) is 0 Å². The Morgan fingerprint density at radius 2 is 1.97 bits per heavy atom. The van der Waals surface area contributed by atoms with Crippen LogP contribution in [0.5, 0.6) is 0 Å². The lowest BCUT2D eigenvalue weighted by Gasteiger charge is -2.26. The molecule has 10 heteroatoms. The highest BCUT2D eigenvalue weighted by molar-refractivity contribution is 7.89. The smallest absolute Gasteiger partial charge is 0.256 e. The Bertz CT molecular complexity index is 1170. The normalized spacial score (nSPS) is 19.4. The summed E-state index contributed by atoms with van der Waals surface area (Å²) in [5.74, 6) is -0.516. The van der Waals surface area contributed by atoms with Crippen LogP contribution in [0.2, 0.25) is 0 Å². The maximum atomic E-state index is 13.2.